The van der Waals surface area contributed by atoms with Crippen molar-refractivity contribution < 1.29 is 9.57 Å². The Balaban J connectivity index is 1.46. The summed E-state index contributed by atoms with van der Waals surface area (Å²) in [6.45, 7) is 3.69. The first-order valence-electron chi connectivity index (χ1n) is 11.5. The van der Waals surface area contributed by atoms with Crippen molar-refractivity contribution in [2.45, 2.75) is 56.3 Å². The average molecular weight is 426 g/mol. The number of benzene rings is 2. The van der Waals surface area contributed by atoms with E-state index in [0.717, 1.165) is 42.6 Å². The van der Waals surface area contributed by atoms with Gasteiger partial charge in [0.1, 0.15) is 11.4 Å². The molecule has 2 spiro atoms. The van der Waals surface area contributed by atoms with Crippen LogP contribution in [0.15, 0.2) is 52.4 Å². The topological polar surface area (TPSA) is 46.4 Å². The van der Waals surface area contributed by atoms with Crippen LogP contribution in [0, 0.1) is 17.8 Å². The molecule has 6 rings (SSSR count). The Morgan fingerprint density at radius 1 is 1.19 bits per heavy atom. The number of nitrogens with zero attached hydrogens (tertiary/aromatic N) is 3. The molecule has 5 nitrogen and oxygen atoms in total. The molecule has 2 aromatic rings. The lowest BCUT2D eigenvalue weighted by Gasteiger charge is -2.45. The zero-order valence-corrected chi connectivity index (χ0v) is 18.4. The average Bonchev–Trinajstić information content (AvgIpc) is 3.58. The maximum absolute atomic E-state index is 6.82. The van der Waals surface area contributed by atoms with E-state index < -0.39 is 5.72 Å². The van der Waals surface area contributed by atoms with Gasteiger partial charge in [-0.15, -0.1) is 0 Å². The second kappa shape index (κ2) is 7.21. The Morgan fingerprint density at radius 2 is 2.03 bits per heavy atom. The van der Waals surface area contributed by atoms with Crippen LogP contribution >= 0.6 is 0 Å². The van der Waals surface area contributed by atoms with Crippen molar-refractivity contribution in [1.82, 2.24) is 5.06 Å². The largest absolute Gasteiger partial charge is 0.486 e. The molecule has 5 heteroatoms. The Hall–Kier alpha value is -3.10. The molecule has 2 aliphatic carbocycles. The Kier molecular flexibility index (Phi) is 4.41. The fraction of sp³-hybridized carbons (Fsp3) is 0.407. The summed E-state index contributed by atoms with van der Waals surface area (Å²) >= 11 is 0. The van der Waals surface area contributed by atoms with Crippen molar-refractivity contribution in [3.8, 4) is 17.6 Å². The van der Waals surface area contributed by atoms with Crippen molar-refractivity contribution in [2.24, 2.45) is 15.9 Å². The van der Waals surface area contributed by atoms with Gasteiger partial charge >= 0.3 is 0 Å². The predicted molar refractivity (Wildman–Crippen MR) is 125 cm³/mol. The molecule has 2 unspecified atom stereocenters. The highest BCUT2D eigenvalue weighted by Gasteiger charge is 2.55. The van der Waals surface area contributed by atoms with E-state index in [-0.39, 0.29) is 5.60 Å². The number of hydrogen-bond acceptors (Lipinski definition) is 5. The van der Waals surface area contributed by atoms with Gasteiger partial charge in [-0.2, -0.15) is 0 Å². The summed E-state index contributed by atoms with van der Waals surface area (Å²) < 4.78 is 6.82. The van der Waals surface area contributed by atoms with Crippen LogP contribution in [-0.2, 0) is 23.4 Å². The van der Waals surface area contributed by atoms with Crippen molar-refractivity contribution in [2.75, 3.05) is 7.05 Å². The first kappa shape index (κ1) is 19.6. The Bertz CT molecular complexity index is 1190. The quantitative estimate of drug-likeness (QED) is 0.457. The van der Waals surface area contributed by atoms with Crippen LogP contribution in [0.25, 0.3) is 0 Å². The van der Waals surface area contributed by atoms with Gasteiger partial charge in [0, 0.05) is 31.4 Å². The summed E-state index contributed by atoms with van der Waals surface area (Å²) in [5.74, 6) is 8.57. The van der Waals surface area contributed by atoms with Crippen molar-refractivity contribution in [3.63, 3.8) is 0 Å². The van der Waals surface area contributed by atoms with E-state index in [1.807, 2.05) is 13.1 Å². The molecule has 0 saturated heterocycles. The van der Waals surface area contributed by atoms with Crippen LogP contribution in [0.4, 0.5) is 0 Å². The number of hydrogen-bond donors (Lipinski definition) is 0. The SMILES string of the molecule is C=NC1=NC2(CC3(CCCc4ccccc4C3)Oc3ccc(C#CC4CC4)cc32)ON1C. The van der Waals surface area contributed by atoms with Crippen LogP contribution < -0.4 is 4.74 Å². The zero-order valence-electron chi connectivity index (χ0n) is 18.4. The lowest BCUT2D eigenvalue weighted by atomic mass is 9.79. The highest BCUT2D eigenvalue weighted by Crippen LogP contribution is 2.52. The van der Waals surface area contributed by atoms with Gasteiger partial charge in [-0.1, -0.05) is 36.1 Å². The van der Waals surface area contributed by atoms with Crippen molar-refractivity contribution in [1.29, 1.82) is 0 Å². The molecule has 0 N–H and O–H groups in total. The third-order valence-corrected chi connectivity index (χ3v) is 6.99. The number of hydroxylamine groups is 2. The van der Waals surface area contributed by atoms with Gasteiger partial charge < -0.3 is 4.74 Å². The van der Waals surface area contributed by atoms with Crippen LogP contribution in [0.3, 0.4) is 0 Å². The number of aliphatic imine (C=N–C) groups is 2. The first-order valence-corrected chi connectivity index (χ1v) is 11.5. The second-order valence-corrected chi connectivity index (χ2v) is 9.46. The summed E-state index contributed by atoms with van der Waals surface area (Å²) in [5.41, 5.74) is 3.40. The fourth-order valence-electron chi connectivity index (χ4n) is 5.30. The zero-order chi connectivity index (χ0) is 21.8. The van der Waals surface area contributed by atoms with Crippen LogP contribution in [0.5, 0.6) is 5.75 Å². The van der Waals surface area contributed by atoms with Gasteiger partial charge in [0.2, 0.25) is 11.7 Å². The van der Waals surface area contributed by atoms with E-state index in [4.69, 9.17) is 14.6 Å². The lowest BCUT2D eigenvalue weighted by Crippen LogP contribution is -2.49. The van der Waals surface area contributed by atoms with Gasteiger partial charge in [-0.05, 0) is 68.1 Å². The van der Waals surface area contributed by atoms with Gasteiger partial charge in [0.15, 0.2) is 0 Å². The lowest BCUT2D eigenvalue weighted by molar-refractivity contribution is -0.204. The smallest absolute Gasteiger partial charge is 0.247 e. The molecular weight excluding hydrogens is 398 g/mol. The molecular formula is C27H27N3O2. The van der Waals surface area contributed by atoms with Gasteiger partial charge in [0.25, 0.3) is 0 Å². The molecule has 2 aliphatic heterocycles. The molecule has 1 saturated carbocycles. The molecule has 2 atom stereocenters. The summed E-state index contributed by atoms with van der Waals surface area (Å²) in [6, 6.07) is 14.9. The Morgan fingerprint density at radius 3 is 2.81 bits per heavy atom. The molecule has 0 aromatic heterocycles. The number of ether oxygens (including phenoxy) is 1. The minimum absolute atomic E-state index is 0.387. The molecule has 0 amide bonds. The van der Waals surface area contributed by atoms with E-state index in [1.165, 1.54) is 24.0 Å². The van der Waals surface area contributed by atoms with Gasteiger partial charge in [0.05, 0.1) is 5.56 Å². The summed E-state index contributed by atoms with van der Waals surface area (Å²) in [6.07, 6.45) is 6.98. The van der Waals surface area contributed by atoms with E-state index >= 15 is 0 Å². The number of rotatable bonds is 0. The molecule has 2 heterocycles. The molecule has 0 bridgehead atoms. The van der Waals surface area contributed by atoms with Gasteiger partial charge in [-0.25, -0.2) is 19.9 Å². The van der Waals surface area contributed by atoms with E-state index in [9.17, 15) is 0 Å². The van der Waals surface area contributed by atoms with Crippen LogP contribution in [0.1, 0.15) is 54.4 Å². The standard InChI is InChI=1S/C27H27N3O2/c1-28-25-29-27(32-30(25)2)18-26(15-5-8-21-6-3-4-7-22(21)17-26)31-24-14-13-20(16-23(24)27)12-11-19-9-10-19/h3-4,6-7,13-14,16,19H,1,5,8-10,15,17-18H2,2H3. The summed E-state index contributed by atoms with van der Waals surface area (Å²) in [5, 5.41) is 1.63. The Labute approximate surface area is 189 Å². The minimum atomic E-state index is -0.880. The molecule has 32 heavy (non-hydrogen) atoms. The third kappa shape index (κ3) is 3.30. The van der Waals surface area contributed by atoms with E-state index in [0.29, 0.717) is 18.3 Å². The van der Waals surface area contributed by atoms with Crippen molar-refractivity contribution in [3.05, 3.63) is 64.7 Å². The van der Waals surface area contributed by atoms with Crippen molar-refractivity contribution >= 4 is 12.7 Å². The second-order valence-electron chi connectivity index (χ2n) is 9.46. The normalized spacial score (nSPS) is 28.2. The third-order valence-electron chi connectivity index (χ3n) is 6.99. The minimum Gasteiger partial charge on any atom is -0.486 e. The monoisotopic (exact) mass is 425 g/mol. The molecule has 2 aromatic carbocycles. The maximum atomic E-state index is 6.82. The molecule has 162 valence electrons. The van der Waals surface area contributed by atoms with Crippen LogP contribution in [-0.4, -0.2) is 30.4 Å². The maximum Gasteiger partial charge on any atom is 0.247 e. The van der Waals surface area contributed by atoms with E-state index in [1.54, 1.807) is 5.06 Å². The number of fused-ring (bicyclic) bond motifs is 3. The number of aryl methyl sites for hydroxylation is 1. The first-order chi connectivity index (χ1) is 15.6. The highest BCUT2D eigenvalue weighted by molar-refractivity contribution is 5.84. The predicted octanol–water partition coefficient (Wildman–Crippen LogP) is 4.63. The fourth-order valence-corrected chi connectivity index (χ4v) is 5.30. The molecule has 1 fully saturated rings. The van der Waals surface area contributed by atoms with Gasteiger partial charge in [-0.3, -0.25) is 0 Å². The molecule has 0 radical (unpaired) electrons. The van der Waals surface area contributed by atoms with E-state index in [2.05, 4.69) is 59.9 Å². The molecule has 4 aliphatic rings. The summed E-state index contributed by atoms with van der Waals surface area (Å²) in [4.78, 5) is 15.5. The summed E-state index contributed by atoms with van der Waals surface area (Å²) in [7, 11) is 1.84. The highest BCUT2D eigenvalue weighted by atomic mass is 16.7. The van der Waals surface area contributed by atoms with Crippen LogP contribution in [0.2, 0.25) is 0 Å². The number of guanidine groups is 1.